The maximum atomic E-state index is 14.5. The number of amides is 3. The van der Waals surface area contributed by atoms with Crippen LogP contribution in [-0.2, 0) is 19.1 Å². The summed E-state index contributed by atoms with van der Waals surface area (Å²) in [7, 11) is 0. The third-order valence-electron chi connectivity index (χ3n) is 5.15. The van der Waals surface area contributed by atoms with Crippen molar-refractivity contribution in [3.63, 3.8) is 0 Å². The third-order valence-corrected chi connectivity index (χ3v) is 5.15. The van der Waals surface area contributed by atoms with Gasteiger partial charge in [-0.3, -0.25) is 9.59 Å². The Hall–Kier alpha value is -2.95. The van der Waals surface area contributed by atoms with Gasteiger partial charge in [0.25, 0.3) is 5.91 Å². The van der Waals surface area contributed by atoms with Gasteiger partial charge in [-0.05, 0) is 39.8 Å². The van der Waals surface area contributed by atoms with Crippen LogP contribution in [0, 0.1) is 11.6 Å². The molecule has 9 nitrogen and oxygen atoms in total. The molecule has 1 aromatic carbocycles. The number of nitrogens with one attached hydrogen (secondary N) is 3. The van der Waals surface area contributed by atoms with Gasteiger partial charge in [0.1, 0.15) is 23.3 Å². The minimum atomic E-state index is -1.37. The van der Waals surface area contributed by atoms with E-state index in [1.165, 1.54) is 13.0 Å². The van der Waals surface area contributed by atoms with Gasteiger partial charge in [0.05, 0.1) is 18.9 Å². The number of hydrogen-bond donors (Lipinski definition) is 3. The summed E-state index contributed by atoms with van der Waals surface area (Å²) >= 11 is 0. The van der Waals surface area contributed by atoms with Crippen LogP contribution in [0.15, 0.2) is 12.1 Å². The zero-order valence-corrected chi connectivity index (χ0v) is 18.3. The van der Waals surface area contributed by atoms with E-state index in [4.69, 9.17) is 14.2 Å². The number of alkyl carbamates (subject to hydrolysis) is 1. The number of halogens is 2. The minimum absolute atomic E-state index is 0.0450. The van der Waals surface area contributed by atoms with Crippen LogP contribution in [0.1, 0.15) is 40.5 Å². The highest BCUT2D eigenvalue weighted by atomic mass is 19.2. The summed E-state index contributed by atoms with van der Waals surface area (Å²) in [6, 6.07) is -0.235. The van der Waals surface area contributed by atoms with E-state index in [-0.39, 0.29) is 31.7 Å². The highest BCUT2D eigenvalue weighted by Crippen LogP contribution is 2.40. The number of fused-ring (bicyclic) bond motifs is 1. The molecular weight excluding hydrogens is 428 g/mol. The first-order valence-electron chi connectivity index (χ1n) is 10.3. The number of anilines is 1. The van der Waals surface area contributed by atoms with E-state index in [1.54, 1.807) is 20.8 Å². The Balaban J connectivity index is 1.84. The average molecular weight is 455 g/mol. The Morgan fingerprint density at radius 3 is 2.53 bits per heavy atom. The summed E-state index contributed by atoms with van der Waals surface area (Å²) in [5.74, 6) is -4.13. The van der Waals surface area contributed by atoms with E-state index in [1.807, 2.05) is 0 Å². The number of rotatable bonds is 3. The third kappa shape index (κ3) is 5.09. The Morgan fingerprint density at radius 2 is 1.91 bits per heavy atom. The van der Waals surface area contributed by atoms with E-state index < -0.39 is 58.6 Å². The summed E-state index contributed by atoms with van der Waals surface area (Å²) in [4.78, 5) is 37.8. The molecule has 0 aliphatic carbocycles. The van der Waals surface area contributed by atoms with Gasteiger partial charge in [0.2, 0.25) is 11.7 Å². The van der Waals surface area contributed by atoms with Gasteiger partial charge in [-0.1, -0.05) is 0 Å². The molecule has 0 saturated carbocycles. The van der Waals surface area contributed by atoms with E-state index in [0.717, 1.165) is 6.07 Å². The smallest absolute Gasteiger partial charge is 0.408 e. The predicted octanol–water partition coefficient (Wildman–Crippen LogP) is 2.24. The van der Waals surface area contributed by atoms with Crippen molar-refractivity contribution >= 4 is 23.6 Å². The summed E-state index contributed by atoms with van der Waals surface area (Å²) < 4.78 is 44.7. The molecule has 2 atom stereocenters. The van der Waals surface area contributed by atoms with Gasteiger partial charge >= 0.3 is 6.09 Å². The van der Waals surface area contributed by atoms with Crippen LogP contribution in [-0.4, -0.2) is 54.4 Å². The maximum absolute atomic E-state index is 14.5. The van der Waals surface area contributed by atoms with Gasteiger partial charge in [-0.25, -0.2) is 9.18 Å². The Morgan fingerprint density at radius 1 is 1.25 bits per heavy atom. The number of hydrogen-bond acceptors (Lipinski definition) is 6. The van der Waals surface area contributed by atoms with Gasteiger partial charge in [0.15, 0.2) is 11.6 Å². The molecule has 176 valence electrons. The van der Waals surface area contributed by atoms with Gasteiger partial charge < -0.3 is 30.2 Å². The summed E-state index contributed by atoms with van der Waals surface area (Å²) in [5, 5.41) is 7.48. The van der Waals surface area contributed by atoms with Crippen LogP contribution in [0.25, 0.3) is 0 Å². The molecule has 0 unspecified atom stereocenters. The molecule has 1 fully saturated rings. The van der Waals surface area contributed by atoms with Crippen molar-refractivity contribution in [3.8, 4) is 5.75 Å². The summed E-state index contributed by atoms with van der Waals surface area (Å²) in [5.41, 5.74) is -2.17. The first-order chi connectivity index (χ1) is 14.9. The lowest BCUT2D eigenvalue weighted by molar-refractivity contribution is -0.136. The van der Waals surface area contributed by atoms with Gasteiger partial charge in [-0.2, -0.15) is 4.39 Å². The molecular formula is C21H27F2N3O6. The molecule has 3 N–H and O–H groups in total. The van der Waals surface area contributed by atoms with Crippen LogP contribution in [0.2, 0.25) is 0 Å². The van der Waals surface area contributed by atoms with E-state index in [9.17, 15) is 23.2 Å². The molecule has 0 aromatic heterocycles. The number of carbonyl (C=O) groups excluding carboxylic acids is 3. The first kappa shape index (κ1) is 23.7. The van der Waals surface area contributed by atoms with Crippen molar-refractivity contribution in [2.45, 2.75) is 63.8 Å². The minimum Gasteiger partial charge on any atom is -0.479 e. The van der Waals surface area contributed by atoms with Gasteiger partial charge in [0, 0.05) is 12.8 Å². The van der Waals surface area contributed by atoms with Crippen molar-refractivity contribution < 1.29 is 37.4 Å². The second-order valence-electron chi connectivity index (χ2n) is 8.82. The van der Waals surface area contributed by atoms with Crippen LogP contribution < -0.4 is 20.7 Å². The molecule has 0 radical (unpaired) electrons. The molecule has 2 heterocycles. The lowest BCUT2D eigenvalue weighted by Gasteiger charge is -2.41. The fourth-order valence-corrected chi connectivity index (χ4v) is 3.56. The number of benzene rings is 1. The average Bonchev–Trinajstić information content (AvgIpc) is 2.80. The molecule has 1 aromatic rings. The highest BCUT2D eigenvalue weighted by molar-refractivity contribution is 6.00. The van der Waals surface area contributed by atoms with Gasteiger partial charge in [-0.15, -0.1) is 0 Å². The van der Waals surface area contributed by atoms with Crippen LogP contribution in [0.3, 0.4) is 0 Å². The second-order valence-corrected chi connectivity index (χ2v) is 8.82. The second kappa shape index (κ2) is 8.89. The molecule has 1 spiro atoms. The SMILES string of the molecule is C[C@H](NC(=O)OC(C)(C)C)C(=O)N[C@H]1C(=O)Nc2ccc(F)c(F)c2OC12CCOCC2. The van der Waals surface area contributed by atoms with Crippen molar-refractivity contribution in [1.29, 1.82) is 0 Å². The van der Waals surface area contributed by atoms with Crippen molar-refractivity contribution in [3.05, 3.63) is 23.8 Å². The molecule has 0 bridgehead atoms. The number of carbonyl (C=O) groups is 3. The van der Waals surface area contributed by atoms with Crippen LogP contribution >= 0.6 is 0 Å². The van der Waals surface area contributed by atoms with E-state index in [0.29, 0.717) is 0 Å². The zero-order valence-electron chi connectivity index (χ0n) is 18.3. The maximum Gasteiger partial charge on any atom is 0.408 e. The lowest BCUT2D eigenvalue weighted by atomic mass is 9.85. The molecule has 1 saturated heterocycles. The van der Waals surface area contributed by atoms with Crippen molar-refractivity contribution in [1.82, 2.24) is 10.6 Å². The molecule has 3 amide bonds. The fourth-order valence-electron chi connectivity index (χ4n) is 3.56. The first-order valence-corrected chi connectivity index (χ1v) is 10.3. The Labute approximate surface area is 184 Å². The standard InChI is InChI=1S/C21H27F2N3O6/c1-11(24-19(29)32-20(2,3)4)17(27)26-16-18(28)25-13-6-5-12(22)14(23)15(13)31-21(16)7-9-30-10-8-21/h5-6,11,16H,7-10H2,1-4H3,(H,24,29)(H,25,28)(H,26,27)/t11-,16-/m0/s1. The lowest BCUT2D eigenvalue weighted by Crippen LogP contribution is -2.64. The molecule has 32 heavy (non-hydrogen) atoms. The molecule has 11 heteroatoms. The van der Waals surface area contributed by atoms with Crippen molar-refractivity contribution in [2.75, 3.05) is 18.5 Å². The molecule has 2 aliphatic rings. The molecule has 2 aliphatic heterocycles. The van der Waals surface area contributed by atoms with E-state index >= 15 is 0 Å². The Kier molecular flexibility index (Phi) is 6.59. The largest absolute Gasteiger partial charge is 0.479 e. The topological polar surface area (TPSA) is 115 Å². The van der Waals surface area contributed by atoms with Crippen LogP contribution in [0.5, 0.6) is 5.75 Å². The zero-order chi connectivity index (χ0) is 23.7. The highest BCUT2D eigenvalue weighted by Gasteiger charge is 2.50. The predicted molar refractivity (Wildman–Crippen MR) is 109 cm³/mol. The monoisotopic (exact) mass is 455 g/mol. The quantitative estimate of drug-likeness (QED) is 0.644. The summed E-state index contributed by atoms with van der Waals surface area (Å²) in [6.07, 6.45) is -0.504. The van der Waals surface area contributed by atoms with E-state index in [2.05, 4.69) is 16.0 Å². The fraction of sp³-hybridized carbons (Fsp3) is 0.571. The number of ether oxygens (including phenoxy) is 3. The van der Waals surface area contributed by atoms with Crippen molar-refractivity contribution in [2.24, 2.45) is 0 Å². The van der Waals surface area contributed by atoms with Crippen LogP contribution in [0.4, 0.5) is 19.3 Å². The normalized spacial score (nSPS) is 20.8. The molecule has 3 rings (SSSR count). The Bertz CT molecular complexity index is 912. The summed E-state index contributed by atoms with van der Waals surface area (Å²) in [6.45, 7) is 6.85.